The smallest absolute Gasteiger partial charge is 0.260 e. The number of halogens is 2. The van der Waals surface area contributed by atoms with Crippen molar-refractivity contribution < 1.29 is 13.5 Å². The molecule has 21 heavy (non-hydrogen) atoms. The molecule has 0 saturated carbocycles. The van der Waals surface area contributed by atoms with Crippen molar-refractivity contribution in [1.29, 1.82) is 5.26 Å². The molecule has 0 saturated heterocycles. The number of nitriles is 1. The van der Waals surface area contributed by atoms with Gasteiger partial charge in [0.15, 0.2) is 0 Å². The van der Waals surface area contributed by atoms with E-state index in [0.717, 1.165) is 18.7 Å². The standard InChI is InChI=1S/C14H12F2N4O/c1-2-5-18-14-19-8-12(16)13(20-14)21-10-4-3-9(7-17)11(15)6-10/h3-4,6,8H,2,5H2,1H3,(H,18,19,20). The Kier molecular flexibility index (Phi) is 4.61. The van der Waals surface area contributed by atoms with Crippen LogP contribution in [0.4, 0.5) is 14.7 Å². The largest absolute Gasteiger partial charge is 0.436 e. The van der Waals surface area contributed by atoms with Crippen LogP contribution in [0.25, 0.3) is 0 Å². The average Bonchev–Trinajstić information content (AvgIpc) is 2.48. The maximum atomic E-state index is 13.6. The summed E-state index contributed by atoms with van der Waals surface area (Å²) in [6, 6.07) is 5.30. The fourth-order valence-electron chi connectivity index (χ4n) is 1.51. The van der Waals surface area contributed by atoms with E-state index in [1.807, 2.05) is 6.92 Å². The summed E-state index contributed by atoms with van der Waals surface area (Å²) in [4.78, 5) is 7.64. The summed E-state index contributed by atoms with van der Waals surface area (Å²) in [5.41, 5.74) is -0.115. The topological polar surface area (TPSA) is 70.8 Å². The van der Waals surface area contributed by atoms with Crippen molar-refractivity contribution in [3.05, 3.63) is 41.6 Å². The second kappa shape index (κ2) is 6.61. The number of rotatable bonds is 5. The molecule has 0 radical (unpaired) electrons. The summed E-state index contributed by atoms with van der Waals surface area (Å²) >= 11 is 0. The number of hydrogen-bond acceptors (Lipinski definition) is 5. The lowest BCUT2D eigenvalue weighted by atomic mass is 10.2. The monoisotopic (exact) mass is 290 g/mol. The highest BCUT2D eigenvalue weighted by molar-refractivity contribution is 5.38. The zero-order valence-electron chi connectivity index (χ0n) is 11.2. The van der Waals surface area contributed by atoms with Crippen LogP contribution in [-0.4, -0.2) is 16.5 Å². The summed E-state index contributed by atoms with van der Waals surface area (Å²) in [5, 5.41) is 11.5. The maximum absolute atomic E-state index is 13.6. The lowest BCUT2D eigenvalue weighted by molar-refractivity contribution is 0.417. The minimum Gasteiger partial charge on any atom is -0.436 e. The second-order valence-corrected chi connectivity index (χ2v) is 4.13. The van der Waals surface area contributed by atoms with Gasteiger partial charge in [-0.3, -0.25) is 0 Å². The van der Waals surface area contributed by atoms with Crippen molar-refractivity contribution >= 4 is 5.95 Å². The van der Waals surface area contributed by atoms with Crippen molar-refractivity contribution in [2.45, 2.75) is 13.3 Å². The molecule has 2 rings (SSSR count). The van der Waals surface area contributed by atoms with Crippen LogP contribution in [0.2, 0.25) is 0 Å². The molecule has 0 amide bonds. The Morgan fingerprint density at radius 2 is 2.14 bits per heavy atom. The number of anilines is 1. The van der Waals surface area contributed by atoms with Gasteiger partial charge in [0, 0.05) is 12.6 Å². The molecule has 1 heterocycles. The molecular formula is C14H12F2N4O. The Hall–Kier alpha value is -2.75. The van der Waals surface area contributed by atoms with E-state index in [2.05, 4.69) is 15.3 Å². The van der Waals surface area contributed by atoms with E-state index in [-0.39, 0.29) is 23.1 Å². The summed E-state index contributed by atoms with van der Waals surface area (Å²) in [7, 11) is 0. The summed E-state index contributed by atoms with van der Waals surface area (Å²) in [6.45, 7) is 2.60. The molecule has 0 spiro atoms. The molecule has 1 aromatic heterocycles. The highest BCUT2D eigenvalue weighted by Gasteiger charge is 2.11. The Labute approximate surface area is 120 Å². The molecule has 2 aromatic rings. The Morgan fingerprint density at radius 1 is 1.33 bits per heavy atom. The van der Waals surface area contributed by atoms with Crippen LogP contribution in [0.5, 0.6) is 11.6 Å². The molecule has 0 unspecified atom stereocenters. The molecule has 0 fully saturated rings. The second-order valence-electron chi connectivity index (χ2n) is 4.13. The van der Waals surface area contributed by atoms with Gasteiger partial charge in [0.1, 0.15) is 17.6 Å². The fraction of sp³-hybridized carbons (Fsp3) is 0.214. The first-order valence-electron chi connectivity index (χ1n) is 6.28. The zero-order chi connectivity index (χ0) is 15.2. The van der Waals surface area contributed by atoms with Gasteiger partial charge in [-0.1, -0.05) is 6.92 Å². The van der Waals surface area contributed by atoms with Gasteiger partial charge in [-0.25, -0.2) is 9.37 Å². The van der Waals surface area contributed by atoms with Crippen LogP contribution in [0.15, 0.2) is 24.4 Å². The van der Waals surface area contributed by atoms with Crippen molar-refractivity contribution in [2.75, 3.05) is 11.9 Å². The molecule has 0 atom stereocenters. The van der Waals surface area contributed by atoms with Crippen molar-refractivity contribution in [3.8, 4) is 17.7 Å². The highest BCUT2D eigenvalue weighted by Crippen LogP contribution is 2.24. The van der Waals surface area contributed by atoms with Crippen LogP contribution >= 0.6 is 0 Å². The Bertz CT molecular complexity index is 685. The predicted molar refractivity (Wildman–Crippen MR) is 72.0 cm³/mol. The van der Waals surface area contributed by atoms with Crippen molar-refractivity contribution in [3.63, 3.8) is 0 Å². The van der Waals surface area contributed by atoms with Gasteiger partial charge in [-0.2, -0.15) is 14.6 Å². The number of nitrogens with one attached hydrogen (secondary N) is 1. The molecule has 7 heteroatoms. The Balaban J connectivity index is 2.22. The molecule has 5 nitrogen and oxygen atoms in total. The van der Waals surface area contributed by atoms with Gasteiger partial charge in [-0.05, 0) is 18.6 Å². The van der Waals surface area contributed by atoms with Gasteiger partial charge in [0.05, 0.1) is 11.8 Å². The van der Waals surface area contributed by atoms with Crippen molar-refractivity contribution in [1.82, 2.24) is 9.97 Å². The first-order valence-corrected chi connectivity index (χ1v) is 6.28. The molecule has 0 aliphatic rings. The normalized spacial score (nSPS) is 10.0. The summed E-state index contributed by atoms with van der Waals surface area (Å²) < 4.78 is 32.3. The van der Waals surface area contributed by atoms with E-state index in [1.165, 1.54) is 12.1 Å². The van der Waals surface area contributed by atoms with E-state index < -0.39 is 11.6 Å². The van der Waals surface area contributed by atoms with Crippen LogP contribution < -0.4 is 10.1 Å². The van der Waals surface area contributed by atoms with E-state index in [9.17, 15) is 8.78 Å². The molecule has 1 aromatic carbocycles. The van der Waals surface area contributed by atoms with E-state index >= 15 is 0 Å². The molecule has 0 aliphatic carbocycles. The van der Waals surface area contributed by atoms with Crippen LogP contribution in [-0.2, 0) is 0 Å². The van der Waals surface area contributed by atoms with Gasteiger partial charge in [0.2, 0.25) is 11.8 Å². The van der Waals surface area contributed by atoms with Gasteiger partial charge >= 0.3 is 0 Å². The summed E-state index contributed by atoms with van der Waals surface area (Å²) in [6.07, 6.45) is 1.83. The van der Waals surface area contributed by atoms with E-state index in [4.69, 9.17) is 10.00 Å². The minimum absolute atomic E-state index is 0.0468. The third-order valence-electron chi connectivity index (χ3n) is 2.52. The lowest BCUT2D eigenvalue weighted by Gasteiger charge is -2.08. The van der Waals surface area contributed by atoms with E-state index in [1.54, 1.807) is 6.07 Å². The number of hydrogen-bond donors (Lipinski definition) is 1. The van der Waals surface area contributed by atoms with Crippen molar-refractivity contribution in [2.24, 2.45) is 0 Å². The quantitative estimate of drug-likeness (QED) is 0.915. The maximum Gasteiger partial charge on any atom is 0.260 e. The summed E-state index contributed by atoms with van der Waals surface area (Å²) in [5.74, 6) is -1.55. The Morgan fingerprint density at radius 3 is 2.81 bits per heavy atom. The zero-order valence-corrected chi connectivity index (χ0v) is 11.2. The average molecular weight is 290 g/mol. The third-order valence-corrected chi connectivity index (χ3v) is 2.52. The van der Waals surface area contributed by atoms with Crippen LogP contribution in [0.3, 0.4) is 0 Å². The van der Waals surface area contributed by atoms with Gasteiger partial charge in [-0.15, -0.1) is 0 Å². The van der Waals surface area contributed by atoms with Crippen LogP contribution in [0, 0.1) is 23.0 Å². The molecule has 108 valence electrons. The molecule has 0 bridgehead atoms. The number of ether oxygens (including phenoxy) is 1. The molecule has 1 N–H and O–H groups in total. The number of aromatic nitrogens is 2. The lowest BCUT2D eigenvalue weighted by Crippen LogP contribution is -2.05. The third kappa shape index (κ3) is 3.63. The van der Waals surface area contributed by atoms with Gasteiger partial charge in [0.25, 0.3) is 5.88 Å². The number of nitrogens with zero attached hydrogens (tertiary/aromatic N) is 3. The molecule has 0 aliphatic heterocycles. The fourth-order valence-corrected chi connectivity index (χ4v) is 1.51. The van der Waals surface area contributed by atoms with E-state index in [0.29, 0.717) is 6.54 Å². The van der Waals surface area contributed by atoms with Crippen LogP contribution in [0.1, 0.15) is 18.9 Å². The first-order chi connectivity index (χ1) is 10.1. The molecular weight excluding hydrogens is 278 g/mol. The number of benzene rings is 1. The predicted octanol–water partition coefficient (Wildman–Crippen LogP) is 3.24. The SMILES string of the molecule is CCCNc1ncc(F)c(Oc2ccc(C#N)c(F)c2)n1. The van der Waals surface area contributed by atoms with Gasteiger partial charge < -0.3 is 10.1 Å². The highest BCUT2D eigenvalue weighted by atomic mass is 19.1. The first kappa shape index (κ1) is 14.7. The minimum atomic E-state index is -0.762.